The highest BCUT2D eigenvalue weighted by atomic mass is 32.1. The zero-order chi connectivity index (χ0) is 20.9. The monoisotopic (exact) mass is 417 g/mol. The highest BCUT2D eigenvalue weighted by Gasteiger charge is 2.33. The minimum Gasteiger partial charge on any atom is -0.508 e. The molecule has 1 amide bonds. The Balaban J connectivity index is 1.84. The second kappa shape index (κ2) is 7.03. The third-order valence-corrected chi connectivity index (χ3v) is 5.85. The molecule has 2 N–H and O–H groups in total. The molecule has 152 valence electrons. The Labute approximate surface area is 171 Å². The number of halogens is 2. The fourth-order valence-electron chi connectivity index (χ4n) is 4.08. The van der Waals surface area contributed by atoms with Gasteiger partial charge in [-0.05, 0) is 50.0 Å². The Hall–Kier alpha value is -2.58. The van der Waals surface area contributed by atoms with Crippen LogP contribution in [0.4, 0.5) is 8.78 Å². The van der Waals surface area contributed by atoms with E-state index in [-0.39, 0.29) is 28.6 Å². The SMILES string of the molecule is C[C@@H]1CN(C(=O)c2cc(-c3c(F)cc(O)cc3F)cc3cnsc23)CC(C)(C)N1. The summed E-state index contributed by atoms with van der Waals surface area (Å²) in [5.74, 6) is -2.46. The van der Waals surface area contributed by atoms with Gasteiger partial charge < -0.3 is 15.3 Å². The number of hydrogen-bond donors (Lipinski definition) is 2. The molecule has 1 fully saturated rings. The molecule has 3 aromatic rings. The second-order valence-electron chi connectivity index (χ2n) is 8.17. The highest BCUT2D eigenvalue weighted by Crippen LogP contribution is 2.35. The fraction of sp³-hybridized carbons (Fsp3) is 0.333. The van der Waals surface area contributed by atoms with Gasteiger partial charge >= 0.3 is 0 Å². The van der Waals surface area contributed by atoms with Crippen LogP contribution < -0.4 is 5.32 Å². The maximum absolute atomic E-state index is 14.4. The molecule has 8 heteroatoms. The largest absolute Gasteiger partial charge is 0.508 e. The van der Waals surface area contributed by atoms with Crippen LogP contribution in [0.3, 0.4) is 0 Å². The molecule has 5 nitrogen and oxygen atoms in total. The number of nitrogens with zero attached hydrogens (tertiary/aromatic N) is 2. The summed E-state index contributed by atoms with van der Waals surface area (Å²) >= 11 is 1.18. The van der Waals surface area contributed by atoms with Gasteiger partial charge in [-0.3, -0.25) is 4.79 Å². The number of benzene rings is 2. The number of hydrogen-bond acceptors (Lipinski definition) is 5. The van der Waals surface area contributed by atoms with Gasteiger partial charge in [0, 0.05) is 48.4 Å². The number of carbonyl (C=O) groups is 1. The topological polar surface area (TPSA) is 65.5 Å². The Kier molecular flexibility index (Phi) is 4.78. The molecule has 1 aliphatic heterocycles. The third kappa shape index (κ3) is 3.70. The van der Waals surface area contributed by atoms with Crippen molar-refractivity contribution in [2.75, 3.05) is 13.1 Å². The minimum atomic E-state index is -0.889. The summed E-state index contributed by atoms with van der Waals surface area (Å²) in [5.41, 5.74) is 0.0849. The zero-order valence-electron chi connectivity index (χ0n) is 16.3. The lowest BCUT2D eigenvalue weighted by molar-refractivity contribution is 0.0598. The first kappa shape index (κ1) is 19.7. The van der Waals surface area contributed by atoms with Gasteiger partial charge in [0.15, 0.2) is 0 Å². The van der Waals surface area contributed by atoms with Crippen LogP contribution >= 0.6 is 11.5 Å². The van der Waals surface area contributed by atoms with Crippen LogP contribution in [-0.2, 0) is 0 Å². The molecular formula is C21H21F2N3O2S. The Morgan fingerprint density at radius 3 is 2.62 bits per heavy atom. The number of fused-ring (bicyclic) bond motifs is 1. The Bertz CT molecular complexity index is 1090. The van der Waals surface area contributed by atoms with E-state index in [1.54, 1.807) is 17.2 Å². The highest BCUT2D eigenvalue weighted by molar-refractivity contribution is 7.13. The third-order valence-electron chi connectivity index (χ3n) is 5.00. The van der Waals surface area contributed by atoms with Gasteiger partial charge in [0.1, 0.15) is 17.4 Å². The van der Waals surface area contributed by atoms with Crippen molar-refractivity contribution in [1.29, 1.82) is 0 Å². The quantitative estimate of drug-likeness (QED) is 0.657. The van der Waals surface area contributed by atoms with Crippen molar-refractivity contribution in [3.05, 3.63) is 47.7 Å². The maximum Gasteiger partial charge on any atom is 0.255 e. The summed E-state index contributed by atoms with van der Waals surface area (Å²) in [6, 6.07) is 4.96. The number of piperazine rings is 1. The summed E-state index contributed by atoms with van der Waals surface area (Å²) in [6.45, 7) is 7.13. The van der Waals surface area contributed by atoms with Crippen LogP contribution in [-0.4, -0.2) is 45.0 Å². The van der Waals surface area contributed by atoms with Gasteiger partial charge in [-0.15, -0.1) is 0 Å². The molecule has 1 atom stereocenters. The summed E-state index contributed by atoms with van der Waals surface area (Å²) in [4.78, 5) is 15.2. The average Bonchev–Trinajstić information content (AvgIpc) is 3.06. The predicted octanol–water partition coefficient (Wildman–Crippen LogP) is 4.16. The van der Waals surface area contributed by atoms with Crippen molar-refractivity contribution in [1.82, 2.24) is 14.6 Å². The minimum absolute atomic E-state index is 0.120. The van der Waals surface area contributed by atoms with E-state index in [0.717, 1.165) is 12.1 Å². The molecule has 4 rings (SSSR count). The standard InChI is InChI=1S/C21H21F2N3O2S/c1-11-9-26(10-21(2,3)25-11)20(28)15-5-12(4-13-8-24-29-19(13)15)18-16(22)6-14(27)7-17(18)23/h4-8,11,25,27H,9-10H2,1-3H3/t11-/m1/s1. The van der Waals surface area contributed by atoms with E-state index in [9.17, 15) is 18.7 Å². The van der Waals surface area contributed by atoms with Gasteiger partial charge in [-0.1, -0.05) is 0 Å². The molecule has 0 bridgehead atoms. The normalized spacial score (nSPS) is 18.9. The number of carbonyl (C=O) groups excluding carboxylic acids is 1. The average molecular weight is 417 g/mol. The predicted molar refractivity (Wildman–Crippen MR) is 109 cm³/mol. The number of amides is 1. The van der Waals surface area contributed by atoms with Crippen LogP contribution in [0, 0.1) is 11.6 Å². The lowest BCUT2D eigenvalue weighted by atomic mass is 9.96. The van der Waals surface area contributed by atoms with Crippen LogP contribution in [0.5, 0.6) is 5.75 Å². The Morgan fingerprint density at radius 2 is 1.97 bits per heavy atom. The number of aromatic nitrogens is 1. The van der Waals surface area contributed by atoms with Crippen molar-refractivity contribution in [3.8, 4) is 16.9 Å². The lowest BCUT2D eigenvalue weighted by Gasteiger charge is -2.42. The van der Waals surface area contributed by atoms with E-state index in [0.29, 0.717) is 28.7 Å². The van der Waals surface area contributed by atoms with Crippen LogP contribution in [0.1, 0.15) is 31.1 Å². The van der Waals surface area contributed by atoms with E-state index >= 15 is 0 Å². The summed E-state index contributed by atoms with van der Waals surface area (Å²) in [5, 5.41) is 13.5. The van der Waals surface area contributed by atoms with Gasteiger partial charge in [-0.2, -0.15) is 4.37 Å². The van der Waals surface area contributed by atoms with Crippen molar-refractivity contribution in [3.63, 3.8) is 0 Å². The van der Waals surface area contributed by atoms with Crippen molar-refractivity contribution >= 4 is 27.5 Å². The number of phenolic OH excluding ortho intramolecular Hbond substituents is 1. The molecule has 1 aliphatic rings. The van der Waals surface area contributed by atoms with E-state index < -0.39 is 17.4 Å². The zero-order valence-corrected chi connectivity index (χ0v) is 17.1. The molecule has 2 aromatic carbocycles. The van der Waals surface area contributed by atoms with Gasteiger partial charge in [0.05, 0.1) is 15.8 Å². The molecule has 1 aromatic heterocycles. The van der Waals surface area contributed by atoms with Gasteiger partial charge in [-0.25, -0.2) is 8.78 Å². The first-order valence-corrected chi connectivity index (χ1v) is 10.1. The molecular weight excluding hydrogens is 396 g/mol. The molecule has 0 aliphatic carbocycles. The number of aromatic hydroxyl groups is 1. The number of nitrogens with one attached hydrogen (secondary N) is 1. The number of phenols is 1. The smallest absolute Gasteiger partial charge is 0.255 e. The van der Waals surface area contributed by atoms with Crippen molar-refractivity contribution in [2.24, 2.45) is 0 Å². The molecule has 0 radical (unpaired) electrons. The molecule has 0 saturated carbocycles. The number of rotatable bonds is 2. The molecule has 29 heavy (non-hydrogen) atoms. The first-order valence-electron chi connectivity index (χ1n) is 9.28. The van der Waals surface area contributed by atoms with E-state index in [1.165, 1.54) is 17.6 Å². The fourth-order valence-corrected chi connectivity index (χ4v) is 4.81. The van der Waals surface area contributed by atoms with Gasteiger partial charge in [0.25, 0.3) is 5.91 Å². The van der Waals surface area contributed by atoms with Crippen LogP contribution in [0.2, 0.25) is 0 Å². The van der Waals surface area contributed by atoms with Gasteiger partial charge in [0.2, 0.25) is 0 Å². The van der Waals surface area contributed by atoms with Crippen molar-refractivity contribution in [2.45, 2.75) is 32.4 Å². The Morgan fingerprint density at radius 1 is 1.28 bits per heavy atom. The maximum atomic E-state index is 14.4. The van der Waals surface area contributed by atoms with Crippen LogP contribution in [0.15, 0.2) is 30.5 Å². The van der Waals surface area contributed by atoms with Crippen LogP contribution in [0.25, 0.3) is 21.2 Å². The van der Waals surface area contributed by atoms with E-state index in [1.807, 2.05) is 20.8 Å². The summed E-state index contributed by atoms with van der Waals surface area (Å²) < 4.78 is 33.7. The van der Waals surface area contributed by atoms with E-state index in [4.69, 9.17) is 0 Å². The molecule has 2 heterocycles. The second-order valence-corrected chi connectivity index (χ2v) is 8.97. The summed E-state index contributed by atoms with van der Waals surface area (Å²) in [6.07, 6.45) is 1.58. The molecule has 0 spiro atoms. The first-order chi connectivity index (χ1) is 13.6. The summed E-state index contributed by atoms with van der Waals surface area (Å²) in [7, 11) is 0. The lowest BCUT2D eigenvalue weighted by Crippen LogP contribution is -2.62. The van der Waals surface area contributed by atoms with Crippen molar-refractivity contribution < 1.29 is 18.7 Å². The molecule has 0 unspecified atom stereocenters. The van der Waals surface area contributed by atoms with E-state index in [2.05, 4.69) is 9.69 Å². The molecule has 1 saturated heterocycles.